The lowest BCUT2D eigenvalue weighted by Gasteiger charge is -2.09. The monoisotopic (exact) mass is 410 g/mol. The van der Waals surface area contributed by atoms with Crippen LogP contribution in [0.3, 0.4) is 0 Å². The second-order valence-electron chi connectivity index (χ2n) is 5.45. The molecule has 0 saturated heterocycles. The van der Waals surface area contributed by atoms with Crippen LogP contribution < -0.4 is 14.8 Å². The fraction of sp³-hybridized carbons (Fsp3) is 0.222. The molecular formula is C18H19FN2O6S. The Balaban J connectivity index is 1.80. The summed E-state index contributed by atoms with van der Waals surface area (Å²) in [6.07, 6.45) is 0. The Bertz CT molecular complexity index is 931. The summed E-state index contributed by atoms with van der Waals surface area (Å²) in [7, 11) is -3.93. The third kappa shape index (κ3) is 6.63. The summed E-state index contributed by atoms with van der Waals surface area (Å²) in [6.45, 7) is 0.960. The number of halogens is 1. The fourth-order valence-electron chi connectivity index (χ4n) is 2.08. The average Bonchev–Trinajstić information content (AvgIpc) is 2.65. The minimum Gasteiger partial charge on any atom is -0.494 e. The molecular weight excluding hydrogens is 391 g/mol. The van der Waals surface area contributed by atoms with Crippen molar-refractivity contribution in [2.75, 3.05) is 25.1 Å². The van der Waals surface area contributed by atoms with Gasteiger partial charge in [-0.2, -0.15) is 4.72 Å². The number of nitrogens with one attached hydrogen (secondary N) is 2. The molecule has 0 radical (unpaired) electrons. The number of sulfonamides is 1. The smallest absolute Gasteiger partial charge is 0.321 e. The summed E-state index contributed by atoms with van der Waals surface area (Å²) in [4.78, 5) is 23.3. The summed E-state index contributed by atoms with van der Waals surface area (Å²) >= 11 is 0. The van der Waals surface area contributed by atoms with Crippen LogP contribution >= 0.6 is 0 Å². The first-order valence-electron chi connectivity index (χ1n) is 8.23. The van der Waals surface area contributed by atoms with Crippen molar-refractivity contribution in [3.63, 3.8) is 0 Å². The van der Waals surface area contributed by atoms with Crippen molar-refractivity contribution in [2.24, 2.45) is 0 Å². The molecule has 0 bridgehead atoms. The standard InChI is InChI=1S/C18H19FN2O6S/c1-2-26-15-6-8-16(9-7-15)28(24,25)20-11-18(23)27-12-17(22)21-14-5-3-4-13(19)10-14/h3-10,20H,2,11-12H2,1H3,(H,21,22). The van der Waals surface area contributed by atoms with E-state index in [2.05, 4.69) is 10.0 Å². The molecule has 1 amide bonds. The molecule has 0 aliphatic heterocycles. The Hall–Kier alpha value is -2.98. The topological polar surface area (TPSA) is 111 Å². The third-order valence-corrected chi connectivity index (χ3v) is 4.74. The Kier molecular flexibility index (Phi) is 7.47. The number of benzene rings is 2. The van der Waals surface area contributed by atoms with E-state index in [9.17, 15) is 22.4 Å². The molecule has 2 aromatic carbocycles. The molecule has 0 aromatic heterocycles. The molecule has 0 saturated carbocycles. The molecule has 2 rings (SSSR count). The van der Waals surface area contributed by atoms with Crippen molar-refractivity contribution in [3.05, 3.63) is 54.3 Å². The van der Waals surface area contributed by atoms with Crippen molar-refractivity contribution >= 4 is 27.6 Å². The van der Waals surface area contributed by atoms with Gasteiger partial charge in [0.2, 0.25) is 10.0 Å². The zero-order chi connectivity index (χ0) is 20.6. The number of carbonyl (C=O) groups excluding carboxylic acids is 2. The molecule has 10 heteroatoms. The van der Waals surface area contributed by atoms with Gasteiger partial charge >= 0.3 is 5.97 Å². The Morgan fingerprint density at radius 2 is 1.82 bits per heavy atom. The lowest BCUT2D eigenvalue weighted by atomic mass is 10.3. The number of carbonyl (C=O) groups is 2. The van der Waals surface area contributed by atoms with Gasteiger partial charge in [0.05, 0.1) is 11.5 Å². The second kappa shape index (κ2) is 9.81. The quantitative estimate of drug-likeness (QED) is 0.609. The van der Waals surface area contributed by atoms with Crippen LogP contribution in [0.5, 0.6) is 5.75 Å². The van der Waals surface area contributed by atoms with Gasteiger partial charge in [-0.15, -0.1) is 0 Å². The highest BCUT2D eigenvalue weighted by atomic mass is 32.2. The maximum absolute atomic E-state index is 13.0. The van der Waals surface area contributed by atoms with Crippen molar-refractivity contribution in [1.82, 2.24) is 4.72 Å². The lowest BCUT2D eigenvalue weighted by Crippen LogP contribution is -2.32. The SMILES string of the molecule is CCOc1ccc(S(=O)(=O)NCC(=O)OCC(=O)Nc2cccc(F)c2)cc1. The van der Waals surface area contributed by atoms with Gasteiger partial charge < -0.3 is 14.8 Å². The van der Waals surface area contributed by atoms with Gasteiger partial charge in [-0.05, 0) is 49.4 Å². The van der Waals surface area contributed by atoms with E-state index in [0.29, 0.717) is 12.4 Å². The molecule has 2 N–H and O–H groups in total. The molecule has 0 fully saturated rings. The van der Waals surface area contributed by atoms with E-state index in [0.717, 1.165) is 6.07 Å². The van der Waals surface area contributed by atoms with Crippen LogP contribution in [0.1, 0.15) is 6.92 Å². The molecule has 8 nitrogen and oxygen atoms in total. The lowest BCUT2D eigenvalue weighted by molar-refractivity contribution is -0.146. The van der Waals surface area contributed by atoms with Crippen LogP contribution in [0.15, 0.2) is 53.4 Å². The molecule has 150 valence electrons. The van der Waals surface area contributed by atoms with Gasteiger partial charge in [-0.3, -0.25) is 9.59 Å². The number of rotatable bonds is 9. The van der Waals surface area contributed by atoms with Crippen molar-refractivity contribution < 1.29 is 31.9 Å². The average molecular weight is 410 g/mol. The van der Waals surface area contributed by atoms with Crippen LogP contribution in [-0.4, -0.2) is 40.1 Å². The predicted molar refractivity (Wildman–Crippen MR) is 98.8 cm³/mol. The highest BCUT2D eigenvalue weighted by molar-refractivity contribution is 7.89. The van der Waals surface area contributed by atoms with Crippen LogP contribution in [0, 0.1) is 5.82 Å². The summed E-state index contributed by atoms with van der Waals surface area (Å²) in [6, 6.07) is 10.9. The van der Waals surface area contributed by atoms with Crippen LogP contribution in [0.25, 0.3) is 0 Å². The number of hydrogen-bond acceptors (Lipinski definition) is 6. The van der Waals surface area contributed by atoms with Crippen molar-refractivity contribution in [3.8, 4) is 5.75 Å². The molecule has 0 heterocycles. The summed E-state index contributed by atoms with van der Waals surface area (Å²) in [5.41, 5.74) is 0.206. The van der Waals surface area contributed by atoms with Crippen LogP contribution in [0.2, 0.25) is 0 Å². The van der Waals surface area contributed by atoms with Gasteiger partial charge in [0.15, 0.2) is 6.61 Å². The number of amides is 1. The highest BCUT2D eigenvalue weighted by Gasteiger charge is 2.17. The van der Waals surface area contributed by atoms with Crippen molar-refractivity contribution in [2.45, 2.75) is 11.8 Å². The molecule has 28 heavy (non-hydrogen) atoms. The van der Waals surface area contributed by atoms with E-state index in [-0.39, 0.29) is 10.6 Å². The van der Waals surface area contributed by atoms with E-state index in [1.807, 2.05) is 0 Å². The van der Waals surface area contributed by atoms with Gasteiger partial charge in [-0.1, -0.05) is 6.07 Å². The van der Waals surface area contributed by atoms with Gasteiger partial charge in [0, 0.05) is 5.69 Å². The minimum atomic E-state index is -3.93. The Morgan fingerprint density at radius 3 is 2.46 bits per heavy atom. The number of ether oxygens (including phenoxy) is 2. The summed E-state index contributed by atoms with van der Waals surface area (Å²) in [5.74, 6) is -1.64. The maximum atomic E-state index is 13.0. The first kappa shape index (κ1) is 21.3. The van der Waals surface area contributed by atoms with Gasteiger partial charge in [0.1, 0.15) is 18.1 Å². The third-order valence-electron chi connectivity index (χ3n) is 3.32. The Morgan fingerprint density at radius 1 is 1.11 bits per heavy atom. The second-order valence-corrected chi connectivity index (χ2v) is 7.22. The largest absolute Gasteiger partial charge is 0.494 e. The first-order chi connectivity index (χ1) is 13.3. The molecule has 0 aliphatic rings. The van der Waals surface area contributed by atoms with Crippen LogP contribution in [0.4, 0.5) is 10.1 Å². The molecule has 0 spiro atoms. The summed E-state index contributed by atoms with van der Waals surface area (Å²) in [5, 5.41) is 2.35. The fourth-order valence-corrected chi connectivity index (χ4v) is 3.05. The Labute approximate surface area is 161 Å². The van der Waals surface area contributed by atoms with Gasteiger partial charge in [0.25, 0.3) is 5.91 Å². The maximum Gasteiger partial charge on any atom is 0.321 e. The van der Waals surface area contributed by atoms with Gasteiger partial charge in [-0.25, -0.2) is 12.8 Å². The van der Waals surface area contributed by atoms with E-state index < -0.39 is 40.9 Å². The van der Waals surface area contributed by atoms with E-state index >= 15 is 0 Å². The predicted octanol–water partition coefficient (Wildman–Crippen LogP) is 1.68. The number of esters is 1. The van der Waals surface area contributed by atoms with E-state index in [1.165, 1.54) is 42.5 Å². The molecule has 2 aromatic rings. The molecule has 0 atom stereocenters. The highest BCUT2D eigenvalue weighted by Crippen LogP contribution is 2.15. The summed E-state index contributed by atoms with van der Waals surface area (Å²) < 4.78 is 49.3. The van der Waals surface area contributed by atoms with E-state index in [1.54, 1.807) is 6.92 Å². The number of anilines is 1. The minimum absolute atomic E-state index is 0.0485. The number of hydrogen-bond donors (Lipinski definition) is 2. The van der Waals surface area contributed by atoms with Crippen LogP contribution in [-0.2, 0) is 24.3 Å². The molecule has 0 unspecified atom stereocenters. The zero-order valence-corrected chi connectivity index (χ0v) is 15.8. The van der Waals surface area contributed by atoms with Crippen molar-refractivity contribution in [1.29, 1.82) is 0 Å². The normalized spacial score (nSPS) is 10.9. The first-order valence-corrected chi connectivity index (χ1v) is 9.72. The molecule has 0 aliphatic carbocycles. The zero-order valence-electron chi connectivity index (χ0n) is 15.0. The van der Waals surface area contributed by atoms with E-state index in [4.69, 9.17) is 9.47 Å².